The van der Waals surface area contributed by atoms with Gasteiger partial charge in [-0.3, -0.25) is 9.80 Å². The van der Waals surface area contributed by atoms with Crippen LogP contribution in [0.2, 0.25) is 0 Å². The predicted molar refractivity (Wildman–Crippen MR) is 102 cm³/mol. The molecule has 142 valence electrons. The minimum absolute atomic E-state index is 0.00135. The van der Waals surface area contributed by atoms with Crippen molar-refractivity contribution < 1.29 is 5.11 Å². The normalized spacial score (nSPS) is 36.0. The maximum atomic E-state index is 10.7. The van der Waals surface area contributed by atoms with Gasteiger partial charge in [0.05, 0.1) is 0 Å². The van der Waals surface area contributed by atoms with Crippen molar-refractivity contribution in [2.75, 3.05) is 26.2 Å². The summed E-state index contributed by atoms with van der Waals surface area (Å²) in [5.74, 6) is 0.879. The molecule has 4 nitrogen and oxygen atoms in total. The summed E-state index contributed by atoms with van der Waals surface area (Å²) >= 11 is 6.61. The number of piperazine rings is 1. The second kappa shape index (κ2) is 7.47. The Labute approximate surface area is 157 Å². The predicted octanol–water partition coefficient (Wildman–Crippen LogP) is 2.90. The average Bonchev–Trinajstić information content (AvgIpc) is 3.40. The monoisotopic (exact) mass is 367 g/mol. The van der Waals surface area contributed by atoms with Crippen molar-refractivity contribution in [1.29, 1.82) is 0 Å². The van der Waals surface area contributed by atoms with Crippen molar-refractivity contribution in [2.24, 2.45) is 17.6 Å². The highest BCUT2D eigenvalue weighted by atomic mass is 35.5. The van der Waals surface area contributed by atoms with Crippen LogP contribution in [0.15, 0.2) is 11.1 Å². The average molecular weight is 368 g/mol. The molecule has 3 fully saturated rings. The number of aliphatic hydroxyl groups excluding tert-OH is 1. The van der Waals surface area contributed by atoms with Crippen LogP contribution in [0, 0.1) is 11.8 Å². The summed E-state index contributed by atoms with van der Waals surface area (Å²) in [5, 5.41) is 11.7. The van der Waals surface area contributed by atoms with E-state index in [-0.39, 0.29) is 11.8 Å². The fourth-order valence-corrected chi connectivity index (χ4v) is 5.74. The van der Waals surface area contributed by atoms with Gasteiger partial charge in [0, 0.05) is 48.7 Å². The van der Waals surface area contributed by atoms with Crippen LogP contribution in [-0.4, -0.2) is 58.9 Å². The maximum Gasteiger partial charge on any atom is 0.110 e. The van der Waals surface area contributed by atoms with Gasteiger partial charge < -0.3 is 10.8 Å². The lowest BCUT2D eigenvalue weighted by Gasteiger charge is -2.44. The molecular weight excluding hydrogens is 334 g/mol. The second-order valence-electron chi connectivity index (χ2n) is 8.87. The first-order valence-corrected chi connectivity index (χ1v) is 10.8. The van der Waals surface area contributed by atoms with Gasteiger partial charge in [-0.05, 0) is 44.4 Å². The first kappa shape index (κ1) is 18.2. The van der Waals surface area contributed by atoms with E-state index in [0.717, 1.165) is 50.5 Å². The number of halogens is 1. The molecule has 0 aromatic heterocycles. The van der Waals surface area contributed by atoms with Crippen molar-refractivity contribution in [3.05, 3.63) is 11.1 Å². The van der Waals surface area contributed by atoms with E-state index in [1.165, 1.54) is 38.5 Å². The molecule has 3 N–H and O–H groups in total. The van der Waals surface area contributed by atoms with Crippen molar-refractivity contribution >= 4 is 11.6 Å². The Balaban J connectivity index is 1.29. The van der Waals surface area contributed by atoms with Gasteiger partial charge in [-0.1, -0.05) is 36.9 Å². The molecule has 0 aromatic rings. The van der Waals surface area contributed by atoms with Gasteiger partial charge in [-0.2, -0.15) is 0 Å². The molecule has 1 saturated heterocycles. The van der Waals surface area contributed by atoms with E-state index in [1.54, 1.807) is 0 Å². The van der Waals surface area contributed by atoms with Gasteiger partial charge in [0.15, 0.2) is 0 Å². The number of hydrogen-bond donors (Lipinski definition) is 2. The van der Waals surface area contributed by atoms with E-state index >= 15 is 0 Å². The summed E-state index contributed by atoms with van der Waals surface area (Å²) < 4.78 is 0. The van der Waals surface area contributed by atoms with Gasteiger partial charge in [-0.25, -0.2) is 0 Å². The van der Waals surface area contributed by atoms with E-state index in [1.807, 2.05) is 0 Å². The number of nitrogens with zero attached hydrogens (tertiary/aromatic N) is 2. The minimum atomic E-state index is -0.232. The highest BCUT2D eigenvalue weighted by molar-refractivity contribution is 6.30. The van der Waals surface area contributed by atoms with Crippen LogP contribution >= 0.6 is 11.6 Å². The zero-order chi connectivity index (χ0) is 17.4. The van der Waals surface area contributed by atoms with E-state index in [0.29, 0.717) is 17.9 Å². The fraction of sp³-hybridized carbons (Fsp3) is 0.900. The third-order valence-corrected chi connectivity index (χ3v) is 7.61. The molecule has 0 bridgehead atoms. The van der Waals surface area contributed by atoms with Crippen LogP contribution < -0.4 is 5.73 Å². The lowest BCUT2D eigenvalue weighted by molar-refractivity contribution is -0.0727. The number of hydrogen-bond acceptors (Lipinski definition) is 4. The summed E-state index contributed by atoms with van der Waals surface area (Å²) in [4.78, 5) is 4.86. The summed E-state index contributed by atoms with van der Waals surface area (Å²) in [6.07, 6.45) is 12.9. The largest absolute Gasteiger partial charge is 0.378 e. The Kier molecular flexibility index (Phi) is 5.45. The highest BCUT2D eigenvalue weighted by Gasteiger charge is 2.48. The van der Waals surface area contributed by atoms with E-state index in [2.05, 4.69) is 15.9 Å². The number of rotatable bonds is 4. The highest BCUT2D eigenvalue weighted by Crippen LogP contribution is 2.48. The molecule has 3 unspecified atom stereocenters. The zero-order valence-corrected chi connectivity index (χ0v) is 16.1. The molecule has 5 heteroatoms. The second-order valence-corrected chi connectivity index (χ2v) is 9.30. The van der Waals surface area contributed by atoms with Crippen molar-refractivity contribution in [2.45, 2.75) is 75.6 Å². The lowest BCUT2D eigenvalue weighted by atomic mass is 9.85. The molecule has 25 heavy (non-hydrogen) atoms. The molecule has 1 heterocycles. The van der Waals surface area contributed by atoms with Crippen LogP contribution in [0.25, 0.3) is 0 Å². The van der Waals surface area contributed by atoms with Crippen LogP contribution in [0.3, 0.4) is 0 Å². The Bertz CT molecular complexity index is 493. The quantitative estimate of drug-likeness (QED) is 0.802. The number of nitrogens with two attached hydrogens (primary N) is 1. The Morgan fingerprint density at radius 2 is 1.72 bits per heavy atom. The summed E-state index contributed by atoms with van der Waals surface area (Å²) in [6, 6.07) is 0.458. The van der Waals surface area contributed by atoms with Crippen LogP contribution in [-0.2, 0) is 0 Å². The molecule has 0 radical (unpaired) electrons. The van der Waals surface area contributed by atoms with Crippen molar-refractivity contribution in [3.63, 3.8) is 0 Å². The molecule has 3 atom stereocenters. The zero-order valence-electron chi connectivity index (χ0n) is 15.4. The van der Waals surface area contributed by atoms with Gasteiger partial charge in [0.1, 0.15) is 6.23 Å². The van der Waals surface area contributed by atoms with Gasteiger partial charge in [0.25, 0.3) is 0 Å². The third kappa shape index (κ3) is 3.93. The SMILES string of the molecule is NC1(C2CCC(N3CCN(C(O)C4CCCCC4)CC3)C=C2Cl)CC1. The smallest absolute Gasteiger partial charge is 0.110 e. The van der Waals surface area contributed by atoms with Crippen LogP contribution in [0.4, 0.5) is 0 Å². The van der Waals surface area contributed by atoms with Gasteiger partial charge in [-0.15, -0.1) is 0 Å². The van der Waals surface area contributed by atoms with E-state index < -0.39 is 0 Å². The molecule has 4 rings (SSSR count). The fourth-order valence-electron chi connectivity index (χ4n) is 5.27. The van der Waals surface area contributed by atoms with Crippen molar-refractivity contribution in [3.8, 4) is 0 Å². The van der Waals surface area contributed by atoms with E-state index in [4.69, 9.17) is 17.3 Å². The summed E-state index contributed by atoms with van der Waals surface area (Å²) in [7, 11) is 0. The molecule has 3 aliphatic carbocycles. The molecular formula is C20H34ClN3O. The Morgan fingerprint density at radius 1 is 1.04 bits per heavy atom. The van der Waals surface area contributed by atoms with Gasteiger partial charge in [0.2, 0.25) is 0 Å². The minimum Gasteiger partial charge on any atom is -0.378 e. The number of aliphatic hydroxyl groups is 1. The summed E-state index contributed by atoms with van der Waals surface area (Å²) in [5.41, 5.74) is 6.39. The van der Waals surface area contributed by atoms with Crippen LogP contribution in [0.5, 0.6) is 0 Å². The Morgan fingerprint density at radius 3 is 2.32 bits per heavy atom. The van der Waals surface area contributed by atoms with Crippen LogP contribution in [0.1, 0.15) is 57.8 Å². The maximum absolute atomic E-state index is 10.7. The summed E-state index contributed by atoms with van der Waals surface area (Å²) in [6.45, 7) is 4.02. The molecule has 0 amide bonds. The molecule has 0 spiro atoms. The molecule has 1 aliphatic heterocycles. The van der Waals surface area contributed by atoms with E-state index in [9.17, 15) is 5.11 Å². The standard InChI is InChI=1S/C20H34ClN3O/c21-18-14-16(6-7-17(18)20(22)8-9-20)23-10-12-24(13-11-23)19(25)15-4-2-1-3-5-15/h14-17,19,25H,1-13,22H2. The molecule has 4 aliphatic rings. The Hall–Kier alpha value is -0.130. The topological polar surface area (TPSA) is 52.7 Å². The van der Waals surface area contributed by atoms with Crippen molar-refractivity contribution in [1.82, 2.24) is 9.80 Å². The van der Waals surface area contributed by atoms with Gasteiger partial charge >= 0.3 is 0 Å². The lowest BCUT2D eigenvalue weighted by Crippen LogP contribution is -2.55. The molecule has 2 saturated carbocycles. The molecule has 0 aromatic carbocycles. The first-order valence-electron chi connectivity index (χ1n) is 10.4. The first-order chi connectivity index (χ1) is 12.1. The third-order valence-electron chi connectivity index (χ3n) is 7.22.